The highest BCUT2D eigenvalue weighted by molar-refractivity contribution is 6.34. The van der Waals surface area contributed by atoms with Gasteiger partial charge >= 0.3 is 0 Å². The number of hydrogen-bond donors (Lipinski definition) is 0. The summed E-state index contributed by atoms with van der Waals surface area (Å²) in [6.45, 7) is 0.184. The summed E-state index contributed by atoms with van der Waals surface area (Å²) in [6, 6.07) is 10.2. The van der Waals surface area contributed by atoms with Gasteiger partial charge in [-0.05, 0) is 48.0 Å². The predicted molar refractivity (Wildman–Crippen MR) is 82.4 cm³/mol. The van der Waals surface area contributed by atoms with E-state index in [1.165, 1.54) is 6.08 Å². The number of allylic oxidation sites excluding steroid dienone is 1. The van der Waals surface area contributed by atoms with Gasteiger partial charge in [-0.25, -0.2) is 0 Å². The third-order valence-corrected chi connectivity index (χ3v) is 3.41. The number of ketones is 1. The number of fused-ring (bicyclic) bond motifs is 1. The van der Waals surface area contributed by atoms with Crippen molar-refractivity contribution in [3.05, 3.63) is 63.6 Å². The summed E-state index contributed by atoms with van der Waals surface area (Å²) in [7, 11) is 0. The van der Waals surface area contributed by atoms with Crippen molar-refractivity contribution < 1.29 is 14.3 Å². The van der Waals surface area contributed by atoms with E-state index < -0.39 is 0 Å². The van der Waals surface area contributed by atoms with Crippen LogP contribution in [0.2, 0.25) is 10.0 Å². The second kappa shape index (κ2) is 5.80. The summed E-state index contributed by atoms with van der Waals surface area (Å²) in [5.74, 6) is 1.10. The second-order valence-corrected chi connectivity index (χ2v) is 5.34. The molecule has 2 aromatic rings. The number of benzene rings is 2. The Balaban J connectivity index is 1.81. The molecular formula is C16H10Cl2O3. The van der Waals surface area contributed by atoms with Crippen LogP contribution in [-0.2, 0) is 0 Å². The van der Waals surface area contributed by atoms with Gasteiger partial charge in [-0.15, -0.1) is 0 Å². The van der Waals surface area contributed by atoms with Crippen molar-refractivity contribution >= 4 is 35.1 Å². The first-order valence-corrected chi connectivity index (χ1v) is 6.95. The smallest absolute Gasteiger partial charge is 0.231 e. The molecule has 0 amide bonds. The lowest BCUT2D eigenvalue weighted by molar-refractivity contribution is 0.104. The SMILES string of the molecule is O=C(/C=C/c1cc(Cl)cc(Cl)c1)c1ccc2c(c1)OCO2. The van der Waals surface area contributed by atoms with Crippen LogP contribution in [0.4, 0.5) is 0 Å². The molecule has 0 spiro atoms. The van der Waals surface area contributed by atoms with Gasteiger partial charge in [-0.1, -0.05) is 29.3 Å². The normalized spacial score (nSPS) is 12.9. The summed E-state index contributed by atoms with van der Waals surface area (Å²) in [5, 5.41) is 1.05. The largest absolute Gasteiger partial charge is 0.454 e. The third kappa shape index (κ3) is 3.20. The van der Waals surface area contributed by atoms with Crippen LogP contribution in [0.25, 0.3) is 6.08 Å². The monoisotopic (exact) mass is 320 g/mol. The number of halogens is 2. The minimum absolute atomic E-state index is 0.135. The van der Waals surface area contributed by atoms with E-state index in [1.54, 1.807) is 42.5 Å². The minimum atomic E-state index is -0.135. The number of ether oxygens (including phenoxy) is 2. The highest BCUT2D eigenvalue weighted by Crippen LogP contribution is 2.32. The molecule has 0 atom stereocenters. The first-order valence-electron chi connectivity index (χ1n) is 6.20. The number of carbonyl (C=O) groups is 1. The maximum absolute atomic E-state index is 12.1. The number of hydrogen-bond acceptors (Lipinski definition) is 3. The van der Waals surface area contributed by atoms with E-state index in [4.69, 9.17) is 32.7 Å². The van der Waals surface area contributed by atoms with E-state index in [-0.39, 0.29) is 12.6 Å². The summed E-state index contributed by atoms with van der Waals surface area (Å²) >= 11 is 11.8. The molecule has 1 heterocycles. The molecule has 21 heavy (non-hydrogen) atoms. The van der Waals surface area contributed by atoms with Crippen LogP contribution in [0.15, 0.2) is 42.5 Å². The van der Waals surface area contributed by atoms with Crippen LogP contribution in [0.1, 0.15) is 15.9 Å². The zero-order valence-corrected chi connectivity index (χ0v) is 12.3. The van der Waals surface area contributed by atoms with E-state index in [2.05, 4.69) is 0 Å². The van der Waals surface area contributed by atoms with Crippen LogP contribution < -0.4 is 9.47 Å². The second-order valence-electron chi connectivity index (χ2n) is 4.47. The predicted octanol–water partition coefficient (Wildman–Crippen LogP) is 4.62. The van der Waals surface area contributed by atoms with Crippen LogP contribution in [0.5, 0.6) is 11.5 Å². The first-order chi connectivity index (χ1) is 10.1. The van der Waals surface area contributed by atoms with Gasteiger partial charge in [-0.2, -0.15) is 0 Å². The average Bonchev–Trinajstić information content (AvgIpc) is 2.91. The lowest BCUT2D eigenvalue weighted by Gasteiger charge is -2.00. The highest BCUT2D eigenvalue weighted by Gasteiger charge is 2.15. The van der Waals surface area contributed by atoms with Gasteiger partial charge in [0, 0.05) is 15.6 Å². The fourth-order valence-electron chi connectivity index (χ4n) is 1.99. The van der Waals surface area contributed by atoms with Crippen molar-refractivity contribution in [1.29, 1.82) is 0 Å². The molecule has 0 bridgehead atoms. The average molecular weight is 321 g/mol. The van der Waals surface area contributed by atoms with E-state index >= 15 is 0 Å². The fraction of sp³-hybridized carbons (Fsp3) is 0.0625. The maximum Gasteiger partial charge on any atom is 0.231 e. The molecule has 0 saturated carbocycles. The number of rotatable bonds is 3. The van der Waals surface area contributed by atoms with Crippen molar-refractivity contribution in [2.75, 3.05) is 6.79 Å². The maximum atomic E-state index is 12.1. The Morgan fingerprint density at radius 3 is 2.48 bits per heavy atom. The van der Waals surface area contributed by atoms with Gasteiger partial charge in [0.05, 0.1) is 0 Å². The van der Waals surface area contributed by atoms with Gasteiger partial charge < -0.3 is 9.47 Å². The Hall–Kier alpha value is -1.97. The van der Waals surface area contributed by atoms with Crippen molar-refractivity contribution in [3.63, 3.8) is 0 Å². The Labute approximate surface area is 131 Å². The minimum Gasteiger partial charge on any atom is -0.454 e. The molecule has 0 unspecified atom stereocenters. The zero-order chi connectivity index (χ0) is 14.8. The highest BCUT2D eigenvalue weighted by atomic mass is 35.5. The molecule has 0 fully saturated rings. The number of carbonyl (C=O) groups excluding carboxylic acids is 1. The van der Waals surface area contributed by atoms with Crippen molar-refractivity contribution in [2.45, 2.75) is 0 Å². The van der Waals surface area contributed by atoms with E-state index in [0.717, 1.165) is 5.56 Å². The molecule has 0 aliphatic carbocycles. The van der Waals surface area contributed by atoms with Crippen LogP contribution in [-0.4, -0.2) is 12.6 Å². The van der Waals surface area contributed by atoms with Gasteiger partial charge in [-0.3, -0.25) is 4.79 Å². The first kappa shape index (κ1) is 14.0. The molecule has 0 radical (unpaired) electrons. The molecule has 0 N–H and O–H groups in total. The van der Waals surface area contributed by atoms with E-state index in [1.807, 2.05) is 0 Å². The van der Waals surface area contributed by atoms with Crippen molar-refractivity contribution in [3.8, 4) is 11.5 Å². The van der Waals surface area contributed by atoms with Crippen LogP contribution in [0, 0.1) is 0 Å². The van der Waals surface area contributed by atoms with Crippen molar-refractivity contribution in [1.82, 2.24) is 0 Å². The Morgan fingerprint density at radius 1 is 1.00 bits per heavy atom. The third-order valence-electron chi connectivity index (χ3n) is 2.97. The summed E-state index contributed by atoms with van der Waals surface area (Å²) in [6.07, 6.45) is 3.14. The quantitative estimate of drug-likeness (QED) is 0.611. The topological polar surface area (TPSA) is 35.5 Å². The lowest BCUT2D eigenvalue weighted by atomic mass is 10.1. The Kier molecular flexibility index (Phi) is 3.86. The molecule has 3 nitrogen and oxygen atoms in total. The zero-order valence-electron chi connectivity index (χ0n) is 10.8. The molecule has 0 saturated heterocycles. The van der Waals surface area contributed by atoms with Crippen molar-refractivity contribution in [2.24, 2.45) is 0 Å². The van der Waals surface area contributed by atoms with Gasteiger partial charge in [0.15, 0.2) is 17.3 Å². The van der Waals surface area contributed by atoms with Crippen LogP contribution >= 0.6 is 23.2 Å². The molecule has 0 aromatic heterocycles. The Morgan fingerprint density at radius 2 is 1.71 bits per heavy atom. The van der Waals surface area contributed by atoms with E-state index in [0.29, 0.717) is 27.1 Å². The van der Waals surface area contributed by atoms with Gasteiger partial charge in [0.25, 0.3) is 0 Å². The summed E-state index contributed by atoms with van der Waals surface area (Å²) in [4.78, 5) is 12.1. The molecule has 3 rings (SSSR count). The fourth-order valence-corrected chi connectivity index (χ4v) is 2.53. The molecule has 2 aromatic carbocycles. The Bertz CT molecular complexity index is 718. The van der Waals surface area contributed by atoms with Crippen LogP contribution in [0.3, 0.4) is 0 Å². The van der Waals surface area contributed by atoms with E-state index in [9.17, 15) is 4.79 Å². The lowest BCUT2D eigenvalue weighted by Crippen LogP contribution is -1.94. The molecule has 1 aliphatic rings. The molecular weight excluding hydrogens is 311 g/mol. The summed E-state index contributed by atoms with van der Waals surface area (Å²) < 4.78 is 10.5. The summed E-state index contributed by atoms with van der Waals surface area (Å²) in [5.41, 5.74) is 1.30. The standard InChI is InChI=1S/C16H10Cl2O3/c17-12-5-10(6-13(18)8-12)1-3-14(19)11-2-4-15-16(7-11)21-9-20-15/h1-8H,9H2/b3-1+. The molecule has 5 heteroatoms. The van der Waals surface area contributed by atoms with Gasteiger partial charge in [0.2, 0.25) is 6.79 Å². The van der Waals surface area contributed by atoms with Gasteiger partial charge in [0.1, 0.15) is 0 Å². The molecule has 106 valence electrons. The molecule has 1 aliphatic heterocycles.